The van der Waals surface area contributed by atoms with Gasteiger partial charge in [0.25, 0.3) is 10.0 Å². The predicted molar refractivity (Wildman–Crippen MR) is 78.7 cm³/mol. The molecule has 5 nitrogen and oxygen atoms in total. The van der Waals surface area contributed by atoms with E-state index in [-0.39, 0.29) is 10.7 Å². The fourth-order valence-corrected chi connectivity index (χ4v) is 2.99. The van der Waals surface area contributed by atoms with Gasteiger partial charge in [-0.1, -0.05) is 12.1 Å². The first kappa shape index (κ1) is 13.8. The Labute approximate surface area is 120 Å². The molecule has 0 bridgehead atoms. The second-order valence-electron chi connectivity index (χ2n) is 3.71. The minimum Gasteiger partial charge on any atom is -0.387 e. The number of hydrogen-bond donors (Lipinski definition) is 2. The molecule has 0 radical (unpaired) electrons. The van der Waals surface area contributed by atoms with Crippen LogP contribution in [0.3, 0.4) is 0 Å². The van der Waals surface area contributed by atoms with Gasteiger partial charge in [-0.15, -0.1) is 0 Å². The lowest BCUT2D eigenvalue weighted by molar-refractivity contribution is 0.601. The topological polar surface area (TPSA) is 71.1 Å². The van der Waals surface area contributed by atoms with E-state index in [2.05, 4.69) is 31.0 Å². The van der Waals surface area contributed by atoms with Crippen molar-refractivity contribution in [2.45, 2.75) is 4.90 Å². The van der Waals surface area contributed by atoms with Crippen molar-refractivity contribution in [2.24, 2.45) is 0 Å². The van der Waals surface area contributed by atoms with E-state index >= 15 is 0 Å². The Morgan fingerprint density at radius 3 is 2.53 bits per heavy atom. The number of sulfonamides is 1. The monoisotopic (exact) mass is 341 g/mol. The Kier molecular flexibility index (Phi) is 4.06. The highest BCUT2D eigenvalue weighted by molar-refractivity contribution is 9.10. The number of halogens is 1. The molecule has 0 spiro atoms. The normalized spacial score (nSPS) is 11.1. The molecule has 7 heteroatoms. The van der Waals surface area contributed by atoms with Gasteiger partial charge in [-0.3, -0.25) is 4.72 Å². The lowest BCUT2D eigenvalue weighted by Gasteiger charge is -2.11. The van der Waals surface area contributed by atoms with Crippen molar-refractivity contribution in [2.75, 3.05) is 17.1 Å². The standard InChI is InChI=1S/C12H12BrN3O2S/c1-14-10-4-2-3-5-11(10)19(17,18)16-12-7-6-9(13)8-15-12/h2-8,14H,1H3,(H,15,16). The van der Waals surface area contributed by atoms with E-state index < -0.39 is 10.0 Å². The molecule has 100 valence electrons. The molecule has 0 fully saturated rings. The van der Waals surface area contributed by atoms with Crippen LogP contribution in [0.15, 0.2) is 52.0 Å². The molecule has 0 amide bonds. The van der Waals surface area contributed by atoms with Crippen molar-refractivity contribution in [3.8, 4) is 0 Å². The zero-order valence-corrected chi connectivity index (χ0v) is 12.5. The van der Waals surface area contributed by atoms with Gasteiger partial charge in [-0.25, -0.2) is 13.4 Å². The van der Waals surface area contributed by atoms with Gasteiger partial charge in [0.05, 0.1) is 5.69 Å². The molecule has 19 heavy (non-hydrogen) atoms. The van der Waals surface area contributed by atoms with Crippen molar-refractivity contribution < 1.29 is 8.42 Å². The minimum atomic E-state index is -3.66. The van der Waals surface area contributed by atoms with Gasteiger partial charge in [0.2, 0.25) is 0 Å². The molecule has 0 atom stereocenters. The maximum atomic E-state index is 12.3. The number of rotatable bonds is 4. The van der Waals surface area contributed by atoms with Crippen LogP contribution in [0.4, 0.5) is 11.5 Å². The highest BCUT2D eigenvalue weighted by atomic mass is 79.9. The Hall–Kier alpha value is -1.60. The molecule has 0 aliphatic rings. The van der Waals surface area contributed by atoms with Crippen molar-refractivity contribution in [3.05, 3.63) is 47.1 Å². The number of aromatic nitrogens is 1. The van der Waals surface area contributed by atoms with Crippen LogP contribution in [0.25, 0.3) is 0 Å². The first-order chi connectivity index (χ1) is 9.03. The number of hydrogen-bond acceptors (Lipinski definition) is 4. The van der Waals surface area contributed by atoms with Crippen LogP contribution in [-0.2, 0) is 10.0 Å². The zero-order chi connectivity index (χ0) is 13.9. The number of pyridine rings is 1. The third-order valence-corrected chi connectivity index (χ3v) is 4.29. The summed E-state index contributed by atoms with van der Waals surface area (Å²) in [6.07, 6.45) is 1.53. The number of benzene rings is 1. The van der Waals surface area contributed by atoms with E-state index in [4.69, 9.17) is 0 Å². The molecule has 2 rings (SSSR count). The van der Waals surface area contributed by atoms with E-state index in [9.17, 15) is 8.42 Å². The molecule has 0 aliphatic heterocycles. The van der Waals surface area contributed by atoms with Crippen molar-refractivity contribution >= 4 is 37.5 Å². The summed E-state index contributed by atoms with van der Waals surface area (Å²) >= 11 is 3.24. The summed E-state index contributed by atoms with van der Waals surface area (Å²) in [5, 5.41) is 2.85. The second-order valence-corrected chi connectivity index (χ2v) is 6.28. The van der Waals surface area contributed by atoms with E-state index in [1.807, 2.05) is 0 Å². The fourth-order valence-electron chi connectivity index (χ4n) is 1.54. The SMILES string of the molecule is CNc1ccccc1S(=O)(=O)Nc1ccc(Br)cn1. The summed E-state index contributed by atoms with van der Waals surface area (Å²) < 4.78 is 27.7. The van der Waals surface area contributed by atoms with E-state index in [1.54, 1.807) is 37.4 Å². The highest BCUT2D eigenvalue weighted by Gasteiger charge is 2.18. The first-order valence-electron chi connectivity index (χ1n) is 5.44. The van der Waals surface area contributed by atoms with Crippen LogP contribution >= 0.6 is 15.9 Å². The van der Waals surface area contributed by atoms with Crippen LogP contribution < -0.4 is 10.0 Å². The van der Waals surface area contributed by atoms with Gasteiger partial charge in [0, 0.05) is 17.7 Å². The Morgan fingerprint density at radius 2 is 1.89 bits per heavy atom. The van der Waals surface area contributed by atoms with Crippen molar-refractivity contribution in [1.82, 2.24) is 4.98 Å². The maximum Gasteiger partial charge on any atom is 0.265 e. The van der Waals surface area contributed by atoms with E-state index in [0.717, 1.165) is 4.47 Å². The molecule has 1 aromatic carbocycles. The van der Waals surface area contributed by atoms with Crippen LogP contribution in [0.2, 0.25) is 0 Å². The molecule has 1 aromatic heterocycles. The third kappa shape index (κ3) is 3.24. The summed E-state index contributed by atoms with van der Waals surface area (Å²) in [6.45, 7) is 0. The molecule has 0 saturated carbocycles. The average molecular weight is 342 g/mol. The Bertz CT molecular complexity index is 672. The van der Waals surface area contributed by atoms with Crippen molar-refractivity contribution in [1.29, 1.82) is 0 Å². The molecular weight excluding hydrogens is 330 g/mol. The minimum absolute atomic E-state index is 0.183. The second kappa shape index (κ2) is 5.58. The molecule has 0 saturated heterocycles. The molecule has 2 N–H and O–H groups in total. The molecule has 0 unspecified atom stereocenters. The quantitative estimate of drug-likeness (QED) is 0.896. The van der Waals surface area contributed by atoms with Gasteiger partial charge in [-0.2, -0.15) is 0 Å². The maximum absolute atomic E-state index is 12.3. The van der Waals surface area contributed by atoms with E-state index in [1.165, 1.54) is 12.3 Å². The van der Waals surface area contributed by atoms with Gasteiger partial charge >= 0.3 is 0 Å². The lowest BCUT2D eigenvalue weighted by Crippen LogP contribution is -2.15. The number of anilines is 2. The summed E-state index contributed by atoms with van der Waals surface area (Å²) in [4.78, 5) is 4.17. The highest BCUT2D eigenvalue weighted by Crippen LogP contribution is 2.22. The summed E-state index contributed by atoms with van der Waals surface area (Å²) in [5.41, 5.74) is 0.534. The third-order valence-electron chi connectivity index (χ3n) is 2.41. The average Bonchev–Trinajstić information content (AvgIpc) is 2.41. The number of para-hydroxylation sites is 1. The van der Waals surface area contributed by atoms with Gasteiger partial charge in [-0.05, 0) is 40.2 Å². The smallest absolute Gasteiger partial charge is 0.265 e. The van der Waals surface area contributed by atoms with Crippen LogP contribution in [0, 0.1) is 0 Å². The molecule has 1 heterocycles. The first-order valence-corrected chi connectivity index (χ1v) is 7.72. The summed E-state index contributed by atoms with van der Waals surface area (Å²) in [7, 11) is -1.99. The van der Waals surface area contributed by atoms with Crippen LogP contribution in [0.1, 0.15) is 0 Å². The van der Waals surface area contributed by atoms with Crippen molar-refractivity contribution in [3.63, 3.8) is 0 Å². The largest absolute Gasteiger partial charge is 0.387 e. The molecule has 2 aromatic rings. The van der Waals surface area contributed by atoms with Gasteiger partial charge < -0.3 is 5.32 Å². The molecule has 0 aliphatic carbocycles. The summed E-state index contributed by atoms with van der Waals surface area (Å²) in [5.74, 6) is 0.272. The van der Waals surface area contributed by atoms with E-state index in [0.29, 0.717) is 5.69 Å². The fraction of sp³-hybridized carbons (Fsp3) is 0.0833. The lowest BCUT2D eigenvalue weighted by atomic mass is 10.3. The Morgan fingerprint density at radius 1 is 1.16 bits per heavy atom. The molecular formula is C12H12BrN3O2S. The van der Waals surface area contributed by atoms with Crippen LogP contribution in [-0.4, -0.2) is 20.4 Å². The summed E-state index contributed by atoms with van der Waals surface area (Å²) in [6, 6.07) is 9.97. The Balaban J connectivity index is 2.35. The predicted octanol–water partition coefficient (Wildman–Crippen LogP) is 2.69. The zero-order valence-electron chi connectivity index (χ0n) is 10.1. The van der Waals surface area contributed by atoms with Gasteiger partial charge in [0.15, 0.2) is 0 Å². The number of nitrogens with zero attached hydrogens (tertiary/aromatic N) is 1. The van der Waals surface area contributed by atoms with Crippen LogP contribution in [0.5, 0.6) is 0 Å². The number of nitrogens with one attached hydrogen (secondary N) is 2. The van der Waals surface area contributed by atoms with Gasteiger partial charge in [0.1, 0.15) is 10.7 Å².